The zero-order valence-electron chi connectivity index (χ0n) is 16.9. The summed E-state index contributed by atoms with van der Waals surface area (Å²) in [6, 6.07) is 10.6. The number of sulfonamides is 1. The van der Waals surface area contributed by atoms with Crippen molar-refractivity contribution in [2.75, 3.05) is 17.6 Å². The smallest absolute Gasteiger partial charge is 0.317 e. The Morgan fingerprint density at radius 3 is 2.48 bits per heavy atom. The van der Waals surface area contributed by atoms with Crippen molar-refractivity contribution >= 4 is 44.6 Å². The largest absolute Gasteiger partial charge is 0.465 e. The summed E-state index contributed by atoms with van der Waals surface area (Å²) < 4.78 is 44.9. The van der Waals surface area contributed by atoms with Crippen LogP contribution < -0.4 is 4.72 Å². The zero-order valence-corrected chi connectivity index (χ0v) is 18.5. The van der Waals surface area contributed by atoms with Crippen LogP contribution in [0.25, 0.3) is 5.57 Å². The molecule has 6 nitrogen and oxygen atoms in total. The Labute approximate surface area is 185 Å². The number of hydrogen-bond donors (Lipinski definition) is 1. The third kappa shape index (κ3) is 5.32. The van der Waals surface area contributed by atoms with Crippen molar-refractivity contribution in [3.8, 4) is 0 Å². The van der Waals surface area contributed by atoms with E-state index in [2.05, 4.69) is 4.72 Å². The van der Waals surface area contributed by atoms with Crippen LogP contribution in [0.5, 0.6) is 0 Å². The second kappa shape index (κ2) is 9.20. The van der Waals surface area contributed by atoms with E-state index in [1.807, 2.05) is 0 Å². The van der Waals surface area contributed by atoms with Gasteiger partial charge in [-0.25, -0.2) is 12.8 Å². The maximum absolute atomic E-state index is 14.7. The minimum atomic E-state index is -3.43. The molecule has 0 saturated carbocycles. The highest BCUT2D eigenvalue weighted by Crippen LogP contribution is 2.43. The molecule has 1 N–H and O–H groups in total. The van der Waals surface area contributed by atoms with Crippen molar-refractivity contribution in [3.05, 3.63) is 70.5 Å². The molecule has 0 heterocycles. The van der Waals surface area contributed by atoms with Crippen LogP contribution in [-0.4, -0.2) is 33.0 Å². The Morgan fingerprint density at radius 2 is 1.90 bits per heavy atom. The van der Waals surface area contributed by atoms with Gasteiger partial charge in [0.05, 0.1) is 12.9 Å². The molecule has 0 bridgehead atoms. The van der Waals surface area contributed by atoms with Crippen molar-refractivity contribution < 1.29 is 27.1 Å². The number of allylic oxidation sites excluding steroid dienone is 2. The maximum atomic E-state index is 14.7. The number of halogens is 2. The van der Waals surface area contributed by atoms with Gasteiger partial charge < -0.3 is 4.74 Å². The number of hydrogen-bond acceptors (Lipinski definition) is 5. The van der Waals surface area contributed by atoms with E-state index in [4.69, 9.17) is 16.3 Å². The molecular formula is C22H21ClFNO5S. The van der Waals surface area contributed by atoms with E-state index >= 15 is 0 Å². The van der Waals surface area contributed by atoms with E-state index < -0.39 is 39.4 Å². The molecule has 1 aliphatic carbocycles. The van der Waals surface area contributed by atoms with Crippen molar-refractivity contribution in [2.24, 2.45) is 5.92 Å². The molecule has 1 aliphatic rings. The van der Waals surface area contributed by atoms with E-state index in [1.54, 1.807) is 31.2 Å². The van der Waals surface area contributed by atoms with E-state index in [0.29, 0.717) is 16.8 Å². The summed E-state index contributed by atoms with van der Waals surface area (Å²) in [5.41, 5.74) is 1.69. The Kier molecular flexibility index (Phi) is 6.81. The summed E-state index contributed by atoms with van der Waals surface area (Å²) in [5, 5.41) is 0.126. The number of ether oxygens (including phenoxy) is 1. The van der Waals surface area contributed by atoms with Gasteiger partial charge in [0.2, 0.25) is 10.0 Å². The Balaban J connectivity index is 2.02. The van der Waals surface area contributed by atoms with Gasteiger partial charge in [-0.05, 0) is 54.8 Å². The second-order valence-corrected chi connectivity index (χ2v) is 9.35. The number of rotatable bonds is 6. The highest BCUT2D eigenvalue weighted by molar-refractivity contribution is 7.92. The molecule has 0 unspecified atom stereocenters. The Hall–Kier alpha value is -2.71. The van der Waals surface area contributed by atoms with Gasteiger partial charge in [-0.1, -0.05) is 29.8 Å². The van der Waals surface area contributed by atoms with Crippen LogP contribution in [0.2, 0.25) is 5.02 Å². The molecule has 2 atom stereocenters. The summed E-state index contributed by atoms with van der Waals surface area (Å²) >= 11 is 6.25. The lowest BCUT2D eigenvalue weighted by atomic mass is 9.73. The van der Waals surface area contributed by atoms with Crippen LogP contribution in [0.3, 0.4) is 0 Å². The lowest BCUT2D eigenvalue weighted by molar-refractivity contribution is -0.151. The van der Waals surface area contributed by atoms with Crippen LogP contribution in [0, 0.1) is 11.7 Å². The predicted molar refractivity (Wildman–Crippen MR) is 117 cm³/mol. The first-order valence-electron chi connectivity index (χ1n) is 9.54. The molecule has 164 valence electrons. The van der Waals surface area contributed by atoms with Crippen LogP contribution in [0.4, 0.5) is 10.1 Å². The van der Waals surface area contributed by atoms with Crippen LogP contribution in [-0.2, 0) is 24.3 Å². The van der Waals surface area contributed by atoms with Gasteiger partial charge in [0, 0.05) is 22.2 Å². The van der Waals surface area contributed by atoms with Crippen molar-refractivity contribution in [1.29, 1.82) is 0 Å². The van der Waals surface area contributed by atoms with Gasteiger partial charge >= 0.3 is 5.97 Å². The van der Waals surface area contributed by atoms with Gasteiger partial charge in [-0.2, -0.15) is 0 Å². The van der Waals surface area contributed by atoms with Crippen LogP contribution >= 0.6 is 11.6 Å². The highest BCUT2D eigenvalue weighted by atomic mass is 35.5. The van der Waals surface area contributed by atoms with Crippen LogP contribution in [0.15, 0.2) is 48.5 Å². The Morgan fingerprint density at radius 1 is 1.23 bits per heavy atom. The third-order valence-electron chi connectivity index (χ3n) is 4.94. The molecule has 2 aromatic carbocycles. The lowest BCUT2D eigenvalue weighted by Crippen LogP contribution is -2.34. The number of ketones is 1. The van der Waals surface area contributed by atoms with Crippen molar-refractivity contribution in [3.63, 3.8) is 0 Å². The fourth-order valence-corrected chi connectivity index (χ4v) is 4.55. The minimum absolute atomic E-state index is 0.0890. The number of anilines is 1. The van der Waals surface area contributed by atoms with Gasteiger partial charge in [0.15, 0.2) is 5.78 Å². The molecule has 0 aromatic heterocycles. The first kappa shape index (κ1) is 23.0. The molecule has 0 amide bonds. The SMILES string of the molecule is CCOC(=O)[C@@H]1C(=O)C=C(c2ccc(NS(C)(=O)=O)cc2)C[C@@H]1c1c(F)cccc1Cl. The van der Waals surface area contributed by atoms with Crippen molar-refractivity contribution in [2.45, 2.75) is 19.3 Å². The van der Waals surface area contributed by atoms with E-state index in [1.165, 1.54) is 24.3 Å². The molecule has 0 spiro atoms. The van der Waals surface area contributed by atoms with Gasteiger partial charge in [0.25, 0.3) is 0 Å². The second-order valence-electron chi connectivity index (χ2n) is 7.20. The number of carbonyl (C=O) groups is 2. The van der Waals surface area contributed by atoms with Gasteiger partial charge in [0.1, 0.15) is 11.7 Å². The maximum Gasteiger partial charge on any atom is 0.317 e. The average molecular weight is 466 g/mol. The van der Waals surface area contributed by atoms with E-state index in [0.717, 1.165) is 6.26 Å². The molecular weight excluding hydrogens is 445 g/mol. The van der Waals surface area contributed by atoms with E-state index in [9.17, 15) is 22.4 Å². The van der Waals surface area contributed by atoms with E-state index in [-0.39, 0.29) is 23.6 Å². The average Bonchev–Trinajstić information content (AvgIpc) is 2.67. The molecule has 2 aromatic rings. The number of benzene rings is 2. The fraction of sp³-hybridized carbons (Fsp3) is 0.273. The van der Waals surface area contributed by atoms with Crippen molar-refractivity contribution in [1.82, 2.24) is 0 Å². The summed E-state index contributed by atoms with van der Waals surface area (Å²) in [7, 11) is -3.43. The molecule has 31 heavy (non-hydrogen) atoms. The fourth-order valence-electron chi connectivity index (χ4n) is 3.69. The molecule has 0 saturated heterocycles. The summed E-state index contributed by atoms with van der Waals surface area (Å²) in [6.07, 6.45) is 2.57. The topological polar surface area (TPSA) is 89.5 Å². The summed E-state index contributed by atoms with van der Waals surface area (Å²) in [5.74, 6) is -3.87. The van der Waals surface area contributed by atoms with Gasteiger partial charge in [-0.3, -0.25) is 14.3 Å². The standard InChI is InChI=1S/C22H21ClFNO5S/c1-3-30-22(27)21-16(20-17(23)5-4-6-18(20)24)11-14(12-19(21)26)13-7-9-15(10-8-13)25-31(2,28)29/h4-10,12,16,21,25H,3,11H2,1-2H3/t16-,21+/m1/s1. The quantitative estimate of drug-likeness (QED) is 0.511. The highest BCUT2D eigenvalue weighted by Gasteiger charge is 2.41. The lowest BCUT2D eigenvalue weighted by Gasteiger charge is -2.30. The first-order valence-corrected chi connectivity index (χ1v) is 11.8. The zero-order chi connectivity index (χ0) is 22.8. The first-order chi connectivity index (χ1) is 14.6. The number of esters is 1. The predicted octanol–water partition coefficient (Wildman–Crippen LogP) is 4.17. The molecule has 0 radical (unpaired) electrons. The summed E-state index contributed by atoms with van der Waals surface area (Å²) in [4.78, 5) is 25.5. The molecule has 3 rings (SSSR count). The number of carbonyl (C=O) groups excluding carboxylic acids is 2. The Bertz CT molecular complexity index is 1120. The summed E-state index contributed by atoms with van der Waals surface area (Å²) in [6.45, 7) is 1.72. The molecule has 9 heteroatoms. The van der Waals surface area contributed by atoms with Crippen LogP contribution in [0.1, 0.15) is 30.4 Å². The minimum Gasteiger partial charge on any atom is -0.465 e. The van der Waals surface area contributed by atoms with Gasteiger partial charge in [-0.15, -0.1) is 0 Å². The molecule has 0 fully saturated rings. The third-order valence-corrected chi connectivity index (χ3v) is 5.87. The normalized spacial score (nSPS) is 19.0. The number of nitrogens with one attached hydrogen (secondary N) is 1. The monoisotopic (exact) mass is 465 g/mol. The molecule has 0 aliphatic heterocycles.